The molecule has 0 fully saturated rings. The van der Waals surface area contributed by atoms with Crippen LogP contribution in [-0.4, -0.2) is 20.2 Å². The van der Waals surface area contributed by atoms with Crippen molar-refractivity contribution < 1.29 is 17.6 Å². The molecule has 0 N–H and O–H groups in total. The van der Waals surface area contributed by atoms with Crippen LogP contribution in [0.25, 0.3) is 0 Å². The minimum atomic E-state index is -4.50. The van der Waals surface area contributed by atoms with Crippen LogP contribution in [0.15, 0.2) is 54.9 Å². The monoisotopic (exact) mass is 384 g/mol. The Labute approximate surface area is 151 Å². The van der Waals surface area contributed by atoms with Gasteiger partial charge in [-0.3, -0.25) is 0 Å². The van der Waals surface area contributed by atoms with E-state index in [2.05, 4.69) is 15.4 Å². The lowest BCUT2D eigenvalue weighted by Gasteiger charge is -2.32. The fourth-order valence-electron chi connectivity index (χ4n) is 2.75. The van der Waals surface area contributed by atoms with Crippen LogP contribution < -0.4 is 0 Å². The predicted molar refractivity (Wildman–Crippen MR) is 87.3 cm³/mol. The van der Waals surface area contributed by atoms with Gasteiger partial charge in [0.15, 0.2) is 12.0 Å². The molecule has 26 heavy (non-hydrogen) atoms. The quantitative estimate of drug-likeness (QED) is 0.606. The summed E-state index contributed by atoms with van der Waals surface area (Å²) in [5.41, 5.74) is -2.80. The van der Waals surface area contributed by atoms with E-state index in [0.29, 0.717) is 5.02 Å². The molecule has 4 nitrogen and oxygen atoms in total. The third kappa shape index (κ3) is 3.29. The Hall–Kier alpha value is -2.48. The van der Waals surface area contributed by atoms with Gasteiger partial charge >= 0.3 is 6.18 Å². The highest BCUT2D eigenvalue weighted by molar-refractivity contribution is 6.30. The first kappa shape index (κ1) is 18.3. The molecule has 0 saturated heterocycles. The van der Waals surface area contributed by atoms with Gasteiger partial charge in [0.05, 0.1) is 5.56 Å². The van der Waals surface area contributed by atoms with Gasteiger partial charge in [-0.15, -0.1) is 10.2 Å². The topological polar surface area (TPSA) is 43.6 Å². The molecule has 0 radical (unpaired) electrons. The van der Waals surface area contributed by atoms with Crippen LogP contribution in [0, 0.1) is 0 Å². The van der Waals surface area contributed by atoms with Gasteiger partial charge in [0.1, 0.15) is 6.04 Å². The molecule has 0 aliphatic heterocycles. The highest BCUT2D eigenvalue weighted by Gasteiger charge is 2.43. The standard InChI is InChI=1S/C17H13ClF4N4/c1-11(26-24-10-23-25-26)16(19,13-6-8-15(18)9-7-13)12-2-4-14(5-3-12)17(20,21)22/h2-11H,1H3. The smallest absolute Gasteiger partial charge is 0.231 e. The summed E-state index contributed by atoms with van der Waals surface area (Å²) < 4.78 is 54.8. The number of aromatic nitrogens is 4. The fraction of sp³-hybridized carbons (Fsp3) is 0.235. The van der Waals surface area contributed by atoms with Gasteiger partial charge in [-0.25, -0.2) is 4.39 Å². The Morgan fingerprint density at radius 1 is 0.885 bits per heavy atom. The molecular weight excluding hydrogens is 372 g/mol. The van der Waals surface area contributed by atoms with E-state index in [1.54, 1.807) is 0 Å². The minimum absolute atomic E-state index is 0.0395. The molecule has 3 aromatic rings. The lowest BCUT2D eigenvalue weighted by atomic mass is 9.82. The van der Waals surface area contributed by atoms with Crippen LogP contribution >= 0.6 is 11.6 Å². The lowest BCUT2D eigenvalue weighted by molar-refractivity contribution is -0.137. The molecule has 0 aliphatic rings. The van der Waals surface area contributed by atoms with Gasteiger partial charge in [-0.1, -0.05) is 35.9 Å². The second-order valence-corrected chi connectivity index (χ2v) is 6.16. The molecule has 1 aromatic heterocycles. The average Bonchev–Trinajstić information content (AvgIpc) is 3.15. The molecule has 136 valence electrons. The largest absolute Gasteiger partial charge is 0.416 e. The SMILES string of the molecule is CC(n1ncnn1)C(F)(c1ccc(Cl)cc1)c1ccc(C(F)(F)F)cc1. The molecule has 9 heteroatoms. The summed E-state index contributed by atoms with van der Waals surface area (Å²) in [5, 5.41) is 11.6. The van der Waals surface area contributed by atoms with Crippen LogP contribution in [0.2, 0.25) is 5.02 Å². The van der Waals surface area contributed by atoms with Crippen molar-refractivity contribution >= 4 is 11.6 Å². The van der Waals surface area contributed by atoms with Crippen LogP contribution in [0.3, 0.4) is 0 Å². The third-order valence-corrected chi connectivity index (χ3v) is 4.44. The predicted octanol–water partition coefficient (Wildman–Crippen LogP) is 4.82. The van der Waals surface area contributed by atoms with E-state index in [9.17, 15) is 13.2 Å². The summed E-state index contributed by atoms with van der Waals surface area (Å²) in [6.45, 7) is 1.52. The summed E-state index contributed by atoms with van der Waals surface area (Å²) >= 11 is 5.87. The van der Waals surface area contributed by atoms with E-state index in [0.717, 1.165) is 35.4 Å². The maximum absolute atomic E-state index is 16.3. The Bertz CT molecular complexity index is 863. The second-order valence-electron chi connectivity index (χ2n) is 5.73. The number of nitrogens with zero attached hydrogens (tertiary/aromatic N) is 4. The number of alkyl halides is 4. The summed E-state index contributed by atoms with van der Waals surface area (Å²) in [7, 11) is 0. The van der Waals surface area contributed by atoms with Crippen LogP contribution in [0.5, 0.6) is 0 Å². The number of tetrazole rings is 1. The first-order chi connectivity index (χ1) is 12.2. The Balaban J connectivity index is 2.13. The zero-order chi connectivity index (χ0) is 18.9. The highest BCUT2D eigenvalue weighted by Crippen LogP contribution is 2.44. The number of hydrogen-bond acceptors (Lipinski definition) is 3. The molecule has 0 aliphatic carbocycles. The maximum Gasteiger partial charge on any atom is 0.416 e. The molecule has 2 aromatic carbocycles. The van der Waals surface area contributed by atoms with E-state index in [1.807, 2.05) is 0 Å². The van der Waals surface area contributed by atoms with Gasteiger partial charge in [0.25, 0.3) is 0 Å². The molecule has 2 atom stereocenters. The van der Waals surface area contributed by atoms with Crippen molar-refractivity contribution in [3.05, 3.63) is 76.6 Å². The molecular formula is C17H13ClF4N4. The number of hydrogen-bond donors (Lipinski definition) is 0. The second kappa shape index (κ2) is 6.68. The van der Waals surface area contributed by atoms with Gasteiger partial charge in [0.2, 0.25) is 0 Å². The lowest BCUT2D eigenvalue weighted by Crippen LogP contribution is -2.33. The van der Waals surface area contributed by atoms with Crippen molar-refractivity contribution in [2.75, 3.05) is 0 Å². The number of rotatable bonds is 4. The maximum atomic E-state index is 16.3. The van der Waals surface area contributed by atoms with Crippen molar-refractivity contribution in [1.82, 2.24) is 20.2 Å². The summed E-state index contributed by atoms with van der Waals surface area (Å²) in [4.78, 5) is 1.08. The molecule has 0 amide bonds. The number of benzene rings is 2. The van der Waals surface area contributed by atoms with Crippen LogP contribution in [-0.2, 0) is 11.8 Å². The first-order valence-electron chi connectivity index (χ1n) is 7.58. The molecule has 1 heterocycles. The first-order valence-corrected chi connectivity index (χ1v) is 7.96. The van der Waals surface area contributed by atoms with E-state index in [4.69, 9.17) is 11.6 Å². The van der Waals surface area contributed by atoms with Crippen molar-refractivity contribution in [2.24, 2.45) is 0 Å². The fourth-order valence-corrected chi connectivity index (χ4v) is 2.88. The highest BCUT2D eigenvalue weighted by atomic mass is 35.5. The Kier molecular flexibility index (Phi) is 4.70. The minimum Gasteiger partial charge on any atom is -0.231 e. The molecule has 3 rings (SSSR count). The van der Waals surface area contributed by atoms with Gasteiger partial charge in [0, 0.05) is 5.02 Å². The zero-order valence-electron chi connectivity index (χ0n) is 13.5. The average molecular weight is 385 g/mol. The Morgan fingerprint density at radius 3 is 1.85 bits per heavy atom. The van der Waals surface area contributed by atoms with Gasteiger partial charge in [-0.05, 0) is 47.5 Å². The number of halogens is 5. The van der Waals surface area contributed by atoms with Crippen molar-refractivity contribution in [1.29, 1.82) is 0 Å². The van der Waals surface area contributed by atoms with E-state index >= 15 is 4.39 Å². The summed E-state index contributed by atoms with van der Waals surface area (Å²) in [5.74, 6) is 0. The van der Waals surface area contributed by atoms with Gasteiger partial charge < -0.3 is 0 Å². The third-order valence-electron chi connectivity index (χ3n) is 4.18. The summed E-state index contributed by atoms with van der Waals surface area (Å²) in [6, 6.07) is 8.94. The van der Waals surface area contributed by atoms with Crippen LogP contribution in [0.1, 0.15) is 29.7 Å². The molecule has 2 unspecified atom stereocenters. The van der Waals surface area contributed by atoms with E-state index in [1.165, 1.54) is 31.2 Å². The molecule has 0 bridgehead atoms. The van der Waals surface area contributed by atoms with Crippen molar-refractivity contribution in [3.8, 4) is 0 Å². The Morgan fingerprint density at radius 2 is 1.38 bits per heavy atom. The summed E-state index contributed by atoms with van der Waals surface area (Å²) in [6.07, 6.45) is -3.34. The molecule has 0 saturated carbocycles. The van der Waals surface area contributed by atoms with E-state index < -0.39 is 23.5 Å². The van der Waals surface area contributed by atoms with Crippen molar-refractivity contribution in [3.63, 3.8) is 0 Å². The van der Waals surface area contributed by atoms with Crippen LogP contribution in [0.4, 0.5) is 17.6 Å². The van der Waals surface area contributed by atoms with Crippen molar-refractivity contribution in [2.45, 2.75) is 24.8 Å². The zero-order valence-corrected chi connectivity index (χ0v) is 14.2. The van der Waals surface area contributed by atoms with E-state index in [-0.39, 0.29) is 11.1 Å². The normalized spacial score (nSPS) is 15.5. The van der Waals surface area contributed by atoms with Gasteiger partial charge in [-0.2, -0.15) is 18.0 Å². The molecule has 0 spiro atoms.